The SMILES string of the molecule is Cc1c(S(=O)(=O)c2ccc(Cl)cc2)c2c(NCS(=O)[O-])cccc2n1CC(=O)O. The van der Waals surface area contributed by atoms with Crippen molar-refractivity contribution in [2.45, 2.75) is 23.3 Å². The highest BCUT2D eigenvalue weighted by atomic mass is 35.5. The van der Waals surface area contributed by atoms with Gasteiger partial charge in [-0.2, -0.15) is 0 Å². The van der Waals surface area contributed by atoms with Gasteiger partial charge in [0, 0.05) is 21.8 Å². The van der Waals surface area contributed by atoms with E-state index in [1.165, 1.54) is 35.8 Å². The van der Waals surface area contributed by atoms with Gasteiger partial charge in [-0.15, -0.1) is 0 Å². The van der Waals surface area contributed by atoms with Gasteiger partial charge in [-0.3, -0.25) is 9.00 Å². The quantitative estimate of drug-likeness (QED) is 0.524. The molecule has 154 valence electrons. The molecule has 0 fully saturated rings. The minimum atomic E-state index is -4.06. The van der Waals surface area contributed by atoms with Gasteiger partial charge in [-0.05, 0) is 54.4 Å². The fourth-order valence-electron chi connectivity index (χ4n) is 3.17. The maximum absolute atomic E-state index is 13.4. The Bertz CT molecular complexity index is 1220. The van der Waals surface area contributed by atoms with Gasteiger partial charge in [-0.25, -0.2) is 8.42 Å². The molecule has 0 saturated heterocycles. The Kier molecular flexibility index (Phi) is 5.99. The van der Waals surface area contributed by atoms with Crippen molar-refractivity contribution in [3.63, 3.8) is 0 Å². The maximum atomic E-state index is 13.4. The van der Waals surface area contributed by atoms with Gasteiger partial charge >= 0.3 is 5.97 Å². The third-order valence-electron chi connectivity index (χ3n) is 4.36. The van der Waals surface area contributed by atoms with Crippen molar-refractivity contribution in [1.82, 2.24) is 4.57 Å². The van der Waals surface area contributed by atoms with E-state index >= 15 is 0 Å². The first kappa shape index (κ1) is 21.3. The van der Waals surface area contributed by atoms with Crippen molar-refractivity contribution in [2.24, 2.45) is 0 Å². The van der Waals surface area contributed by atoms with Gasteiger partial charge in [0.15, 0.2) is 0 Å². The predicted octanol–water partition coefficient (Wildman–Crippen LogP) is 2.77. The van der Waals surface area contributed by atoms with Crippen molar-refractivity contribution in [2.75, 3.05) is 11.2 Å². The first-order valence-electron chi connectivity index (χ1n) is 8.27. The van der Waals surface area contributed by atoms with Gasteiger partial charge in [0.25, 0.3) is 0 Å². The van der Waals surface area contributed by atoms with Crippen LogP contribution in [0.15, 0.2) is 52.3 Å². The number of aliphatic carboxylic acids is 1. The van der Waals surface area contributed by atoms with Crippen molar-refractivity contribution < 1.29 is 27.1 Å². The van der Waals surface area contributed by atoms with Gasteiger partial charge in [0.2, 0.25) is 9.84 Å². The number of nitrogens with zero attached hydrogens (tertiary/aromatic N) is 1. The lowest BCUT2D eigenvalue weighted by molar-refractivity contribution is -0.137. The monoisotopic (exact) mass is 455 g/mol. The van der Waals surface area contributed by atoms with E-state index in [0.29, 0.717) is 10.5 Å². The molecule has 0 aliphatic heterocycles. The molecule has 0 spiro atoms. The van der Waals surface area contributed by atoms with Crippen LogP contribution in [0.25, 0.3) is 10.9 Å². The van der Waals surface area contributed by atoms with Crippen molar-refractivity contribution in [3.05, 3.63) is 53.2 Å². The summed E-state index contributed by atoms with van der Waals surface area (Å²) in [5, 5.41) is 12.6. The normalized spacial score (nSPS) is 12.8. The molecule has 0 aliphatic rings. The largest absolute Gasteiger partial charge is 0.771 e. The number of carbonyl (C=O) groups is 1. The second kappa shape index (κ2) is 8.15. The summed E-state index contributed by atoms with van der Waals surface area (Å²) >= 11 is 3.45. The molecule has 2 aromatic carbocycles. The van der Waals surface area contributed by atoms with E-state index in [1.807, 2.05) is 0 Å². The zero-order chi connectivity index (χ0) is 21.3. The number of fused-ring (bicyclic) bond motifs is 1. The summed E-state index contributed by atoms with van der Waals surface area (Å²) in [7, 11) is -4.06. The van der Waals surface area contributed by atoms with E-state index in [1.54, 1.807) is 18.2 Å². The van der Waals surface area contributed by atoms with Crippen molar-refractivity contribution in [3.8, 4) is 0 Å². The molecule has 11 heteroatoms. The van der Waals surface area contributed by atoms with Crippen LogP contribution in [-0.4, -0.2) is 38.7 Å². The molecule has 3 aromatic rings. The maximum Gasteiger partial charge on any atom is 0.323 e. The van der Waals surface area contributed by atoms with Crippen LogP contribution in [-0.2, 0) is 32.3 Å². The number of aromatic nitrogens is 1. The third-order valence-corrected chi connectivity index (χ3v) is 6.92. The summed E-state index contributed by atoms with van der Waals surface area (Å²) in [6, 6.07) is 10.3. The van der Waals surface area contributed by atoms with E-state index in [4.69, 9.17) is 11.6 Å². The zero-order valence-corrected chi connectivity index (χ0v) is 17.5. The fourth-order valence-corrected chi connectivity index (χ4v) is 5.28. The Balaban J connectivity index is 2.34. The van der Waals surface area contributed by atoms with Gasteiger partial charge in [-0.1, -0.05) is 17.7 Å². The molecule has 8 nitrogen and oxygen atoms in total. The molecule has 1 unspecified atom stereocenters. The highest BCUT2D eigenvalue weighted by molar-refractivity contribution is 7.91. The summed E-state index contributed by atoms with van der Waals surface area (Å²) in [6.07, 6.45) is 0. The molecule has 2 N–H and O–H groups in total. The highest BCUT2D eigenvalue weighted by Crippen LogP contribution is 2.38. The lowest BCUT2D eigenvalue weighted by Crippen LogP contribution is -2.11. The van der Waals surface area contributed by atoms with Crippen LogP contribution in [0.3, 0.4) is 0 Å². The number of anilines is 1. The molecule has 1 heterocycles. The predicted molar refractivity (Wildman–Crippen MR) is 109 cm³/mol. The Morgan fingerprint density at radius 3 is 2.48 bits per heavy atom. The minimum absolute atomic E-state index is 0.0124. The first-order valence-corrected chi connectivity index (χ1v) is 11.4. The second-order valence-electron chi connectivity index (χ2n) is 6.18. The number of benzene rings is 2. The smallest absolute Gasteiger partial charge is 0.323 e. The Hall–Kier alpha value is -2.40. The topological polar surface area (TPSA) is 129 Å². The van der Waals surface area contributed by atoms with E-state index in [-0.39, 0.29) is 26.6 Å². The van der Waals surface area contributed by atoms with Gasteiger partial charge in [0.1, 0.15) is 11.4 Å². The number of hydrogen-bond acceptors (Lipinski definition) is 6. The molecule has 29 heavy (non-hydrogen) atoms. The molecule has 0 bridgehead atoms. The average Bonchev–Trinajstić information content (AvgIpc) is 2.93. The molecule has 0 amide bonds. The summed E-state index contributed by atoms with van der Waals surface area (Å²) in [5.74, 6) is -1.57. The van der Waals surface area contributed by atoms with Crippen LogP contribution in [0.1, 0.15) is 5.69 Å². The summed E-state index contributed by atoms with van der Waals surface area (Å²) in [6.45, 7) is 1.07. The molecule has 0 aliphatic carbocycles. The third kappa shape index (κ3) is 4.15. The van der Waals surface area contributed by atoms with Crippen molar-refractivity contribution >= 4 is 55.1 Å². The van der Waals surface area contributed by atoms with Crippen LogP contribution in [0.2, 0.25) is 5.02 Å². The standard InChI is InChI=1S/C18H17ClN2O6S2/c1-11-18(29(26,27)13-7-5-12(19)6-8-13)17-14(20-10-28(24)25)3-2-4-15(17)21(11)9-16(22)23/h2-8,20H,9-10H2,1H3,(H,22,23)(H,24,25)/p-1. The number of halogens is 1. The van der Waals surface area contributed by atoms with Crippen LogP contribution < -0.4 is 5.32 Å². The minimum Gasteiger partial charge on any atom is -0.771 e. The summed E-state index contributed by atoms with van der Waals surface area (Å²) < 4.78 is 50.2. The molecule has 3 rings (SSSR count). The van der Waals surface area contributed by atoms with Crippen molar-refractivity contribution in [1.29, 1.82) is 0 Å². The first-order chi connectivity index (χ1) is 13.6. The lowest BCUT2D eigenvalue weighted by atomic mass is 10.2. The van der Waals surface area contributed by atoms with Crippen LogP contribution >= 0.6 is 11.6 Å². The Morgan fingerprint density at radius 2 is 1.90 bits per heavy atom. The highest BCUT2D eigenvalue weighted by Gasteiger charge is 2.29. The summed E-state index contributed by atoms with van der Waals surface area (Å²) in [4.78, 5) is 11.2. The number of carboxylic acid groups (broad SMARTS) is 1. The van der Waals surface area contributed by atoms with E-state index < -0.39 is 39.3 Å². The Labute approximate surface area is 174 Å². The average molecular weight is 456 g/mol. The molecule has 1 aromatic heterocycles. The second-order valence-corrected chi connectivity index (χ2v) is 9.40. The number of sulfone groups is 1. The van der Waals surface area contributed by atoms with E-state index in [9.17, 15) is 27.1 Å². The number of carboxylic acids is 1. The molecule has 1 atom stereocenters. The molecule has 0 radical (unpaired) electrons. The van der Waals surface area contributed by atoms with E-state index in [2.05, 4.69) is 5.32 Å². The number of rotatable bonds is 7. The Morgan fingerprint density at radius 1 is 1.24 bits per heavy atom. The zero-order valence-electron chi connectivity index (χ0n) is 15.1. The lowest BCUT2D eigenvalue weighted by Gasteiger charge is -2.12. The molecular weight excluding hydrogens is 440 g/mol. The number of nitrogens with one attached hydrogen (secondary N) is 1. The van der Waals surface area contributed by atoms with Gasteiger partial charge < -0.3 is 19.5 Å². The van der Waals surface area contributed by atoms with E-state index in [0.717, 1.165) is 0 Å². The van der Waals surface area contributed by atoms with Crippen LogP contribution in [0.4, 0.5) is 5.69 Å². The fraction of sp³-hybridized carbons (Fsp3) is 0.167. The molecular formula is C18H16ClN2O6S2-. The van der Waals surface area contributed by atoms with Gasteiger partial charge in [0.05, 0.1) is 16.3 Å². The van der Waals surface area contributed by atoms with Crippen LogP contribution in [0.5, 0.6) is 0 Å². The number of hydrogen-bond donors (Lipinski definition) is 2. The van der Waals surface area contributed by atoms with Crippen LogP contribution in [0, 0.1) is 6.92 Å². The molecule has 0 saturated carbocycles. The summed E-state index contributed by atoms with van der Waals surface area (Å²) in [5.41, 5.74) is 0.862.